The van der Waals surface area contributed by atoms with Crippen molar-refractivity contribution in [3.63, 3.8) is 0 Å². The Balaban J connectivity index is 2.17. The van der Waals surface area contributed by atoms with Gasteiger partial charge in [-0.15, -0.1) is 0 Å². The SMILES string of the molecule is NC(=O)Cn1ncc2c3cc-3cc21. The quantitative estimate of drug-likeness (QED) is 0.613. The number of hydrogen-bond acceptors (Lipinski definition) is 2. The first kappa shape index (κ1) is 6.65. The van der Waals surface area contributed by atoms with Crippen LogP contribution in [0.5, 0.6) is 0 Å². The first-order valence-corrected chi connectivity index (χ1v) is 4.04. The van der Waals surface area contributed by atoms with Crippen LogP contribution in [-0.2, 0) is 11.3 Å². The van der Waals surface area contributed by atoms with Crippen LogP contribution in [0.3, 0.4) is 0 Å². The maximum Gasteiger partial charge on any atom is 0.239 e. The molecule has 0 fully saturated rings. The van der Waals surface area contributed by atoms with Gasteiger partial charge in [-0.3, -0.25) is 9.48 Å². The first-order valence-electron chi connectivity index (χ1n) is 4.04. The third-order valence-electron chi connectivity index (χ3n) is 2.30. The number of hydrogen-bond donors (Lipinski definition) is 1. The van der Waals surface area contributed by atoms with Crippen LogP contribution in [0.15, 0.2) is 18.3 Å². The molecule has 0 unspecified atom stereocenters. The summed E-state index contributed by atoms with van der Waals surface area (Å²) in [6.07, 6.45) is 1.78. The zero-order chi connectivity index (χ0) is 9.00. The van der Waals surface area contributed by atoms with Gasteiger partial charge in [0.25, 0.3) is 0 Å². The Hall–Kier alpha value is -1.84. The average Bonchev–Trinajstić information content (AvgIpc) is 2.56. The van der Waals surface area contributed by atoms with E-state index in [0.29, 0.717) is 0 Å². The van der Waals surface area contributed by atoms with Crippen LogP contribution >= 0.6 is 0 Å². The molecule has 0 aliphatic heterocycles. The van der Waals surface area contributed by atoms with Gasteiger partial charge in [0.15, 0.2) is 0 Å². The molecular weight excluding hydrogens is 166 g/mol. The third-order valence-corrected chi connectivity index (χ3v) is 2.30. The molecule has 13 heavy (non-hydrogen) atoms. The van der Waals surface area contributed by atoms with E-state index >= 15 is 0 Å². The summed E-state index contributed by atoms with van der Waals surface area (Å²) in [5.41, 5.74) is 8.60. The molecule has 0 aromatic carbocycles. The van der Waals surface area contributed by atoms with E-state index in [1.807, 2.05) is 6.07 Å². The lowest BCUT2D eigenvalue weighted by Gasteiger charge is -1.96. The van der Waals surface area contributed by atoms with E-state index in [4.69, 9.17) is 5.73 Å². The van der Waals surface area contributed by atoms with Gasteiger partial charge in [-0.2, -0.15) is 5.10 Å². The molecule has 0 saturated heterocycles. The number of carbonyl (C=O) groups excluding carboxylic acids is 1. The lowest BCUT2D eigenvalue weighted by Crippen LogP contribution is -2.19. The fourth-order valence-electron chi connectivity index (χ4n) is 1.65. The van der Waals surface area contributed by atoms with Crippen molar-refractivity contribution in [2.24, 2.45) is 5.73 Å². The van der Waals surface area contributed by atoms with Gasteiger partial charge in [0.1, 0.15) is 6.54 Å². The summed E-state index contributed by atoms with van der Waals surface area (Å²) < 4.78 is 1.64. The number of nitrogens with two attached hydrogens (primary N) is 1. The highest BCUT2D eigenvalue weighted by Gasteiger charge is 2.20. The summed E-state index contributed by atoms with van der Waals surface area (Å²) in [6, 6.07) is 4.12. The van der Waals surface area contributed by atoms with Crippen LogP contribution in [0.2, 0.25) is 0 Å². The Morgan fingerprint density at radius 2 is 2.38 bits per heavy atom. The van der Waals surface area contributed by atoms with E-state index in [0.717, 1.165) is 10.9 Å². The Morgan fingerprint density at radius 3 is 3.15 bits per heavy atom. The maximum atomic E-state index is 10.7. The van der Waals surface area contributed by atoms with Crippen molar-refractivity contribution in [3.05, 3.63) is 18.3 Å². The van der Waals surface area contributed by atoms with Gasteiger partial charge in [-0.25, -0.2) is 0 Å². The number of benzene rings is 1. The number of carbonyl (C=O) groups is 1. The van der Waals surface area contributed by atoms with Gasteiger partial charge >= 0.3 is 0 Å². The Labute approximate surface area is 73.9 Å². The van der Waals surface area contributed by atoms with Gasteiger partial charge in [0, 0.05) is 5.39 Å². The van der Waals surface area contributed by atoms with Crippen LogP contribution in [0, 0.1) is 0 Å². The van der Waals surface area contributed by atoms with Crippen molar-refractivity contribution in [1.29, 1.82) is 0 Å². The van der Waals surface area contributed by atoms with E-state index in [-0.39, 0.29) is 12.5 Å². The third kappa shape index (κ3) is 0.796. The molecule has 4 heteroatoms. The molecule has 0 atom stereocenters. The van der Waals surface area contributed by atoms with Crippen molar-refractivity contribution in [2.45, 2.75) is 6.54 Å². The standard InChI is InChI=1S/C9H7N3O/c10-9(13)4-12-8-2-5-1-6(5)7(8)3-11-12/h1-3H,4H2,(H2,10,13). The molecule has 1 amide bonds. The molecule has 2 aliphatic carbocycles. The molecular formula is C9H7N3O. The Bertz CT molecular complexity index is 527. The summed E-state index contributed by atoms with van der Waals surface area (Å²) >= 11 is 0. The van der Waals surface area contributed by atoms with Gasteiger partial charge in [-0.05, 0) is 23.3 Å². The van der Waals surface area contributed by atoms with Crippen molar-refractivity contribution in [1.82, 2.24) is 9.78 Å². The Kier molecular flexibility index (Phi) is 0.974. The molecule has 3 rings (SSSR count). The summed E-state index contributed by atoms with van der Waals surface area (Å²) in [7, 11) is 0. The summed E-state index contributed by atoms with van der Waals surface area (Å²) in [4.78, 5) is 10.7. The molecule has 1 aromatic heterocycles. The van der Waals surface area contributed by atoms with E-state index in [1.165, 1.54) is 11.1 Å². The monoisotopic (exact) mass is 173 g/mol. The van der Waals surface area contributed by atoms with Gasteiger partial charge in [0.2, 0.25) is 5.91 Å². The molecule has 64 valence electrons. The second kappa shape index (κ2) is 1.90. The molecule has 0 radical (unpaired) electrons. The summed E-state index contributed by atoms with van der Waals surface area (Å²) in [6.45, 7) is 0.159. The molecule has 0 spiro atoms. The number of rotatable bonds is 2. The maximum absolute atomic E-state index is 10.7. The number of amides is 1. The number of nitrogens with zero attached hydrogens (tertiary/aromatic N) is 2. The smallest absolute Gasteiger partial charge is 0.239 e. The lowest BCUT2D eigenvalue weighted by atomic mass is 10.4. The highest BCUT2D eigenvalue weighted by molar-refractivity contribution is 6.08. The van der Waals surface area contributed by atoms with Crippen LogP contribution in [0.4, 0.5) is 0 Å². The van der Waals surface area contributed by atoms with E-state index in [1.54, 1.807) is 10.9 Å². The molecule has 1 aromatic rings. The summed E-state index contributed by atoms with van der Waals surface area (Å²) in [5.74, 6) is -0.362. The second-order valence-corrected chi connectivity index (χ2v) is 3.23. The molecule has 0 saturated carbocycles. The molecule has 2 aliphatic rings. The average molecular weight is 173 g/mol. The molecule has 4 nitrogen and oxygen atoms in total. The summed E-state index contributed by atoms with van der Waals surface area (Å²) in [5, 5.41) is 5.21. The number of fused-ring (bicyclic) bond motifs is 3. The molecule has 1 heterocycles. The predicted octanol–water partition coefficient (Wildman–Crippen LogP) is 0.502. The molecule has 0 bridgehead atoms. The van der Waals surface area contributed by atoms with Crippen LogP contribution in [0.25, 0.3) is 22.0 Å². The zero-order valence-electron chi connectivity index (χ0n) is 6.82. The zero-order valence-corrected chi connectivity index (χ0v) is 6.82. The minimum absolute atomic E-state index is 0.159. The number of primary amides is 1. The van der Waals surface area contributed by atoms with Crippen molar-refractivity contribution in [2.75, 3.05) is 0 Å². The van der Waals surface area contributed by atoms with Crippen LogP contribution in [0.1, 0.15) is 0 Å². The lowest BCUT2D eigenvalue weighted by molar-refractivity contribution is -0.118. The van der Waals surface area contributed by atoms with Crippen molar-refractivity contribution in [3.8, 4) is 11.1 Å². The minimum Gasteiger partial charge on any atom is -0.368 e. The number of aromatic nitrogens is 2. The van der Waals surface area contributed by atoms with E-state index in [9.17, 15) is 4.79 Å². The van der Waals surface area contributed by atoms with E-state index in [2.05, 4.69) is 11.2 Å². The van der Waals surface area contributed by atoms with E-state index < -0.39 is 0 Å². The first-order chi connectivity index (χ1) is 6.25. The van der Waals surface area contributed by atoms with Crippen molar-refractivity contribution < 1.29 is 4.79 Å². The fourth-order valence-corrected chi connectivity index (χ4v) is 1.65. The van der Waals surface area contributed by atoms with Crippen molar-refractivity contribution >= 4 is 16.8 Å². The Morgan fingerprint density at radius 1 is 1.54 bits per heavy atom. The fraction of sp³-hybridized carbons (Fsp3) is 0.111. The van der Waals surface area contributed by atoms with Crippen LogP contribution < -0.4 is 5.73 Å². The minimum atomic E-state index is -0.362. The predicted molar refractivity (Wildman–Crippen MR) is 47.9 cm³/mol. The normalized spacial score (nSPS) is 12.0. The highest BCUT2D eigenvalue weighted by Crippen LogP contribution is 2.42. The van der Waals surface area contributed by atoms with Crippen LogP contribution in [-0.4, -0.2) is 15.7 Å². The van der Waals surface area contributed by atoms with Gasteiger partial charge < -0.3 is 5.73 Å². The second-order valence-electron chi connectivity index (χ2n) is 3.23. The van der Waals surface area contributed by atoms with Gasteiger partial charge in [0.05, 0.1) is 11.7 Å². The van der Waals surface area contributed by atoms with Gasteiger partial charge in [-0.1, -0.05) is 0 Å². The highest BCUT2D eigenvalue weighted by atomic mass is 16.1. The largest absolute Gasteiger partial charge is 0.368 e. The molecule has 2 N–H and O–H groups in total. The topological polar surface area (TPSA) is 60.9 Å².